The molecule has 36 heavy (non-hydrogen) atoms. The van der Waals surface area contributed by atoms with Crippen molar-refractivity contribution in [1.29, 1.82) is 0 Å². The molecule has 12 heteroatoms. The van der Waals surface area contributed by atoms with Gasteiger partial charge in [0.15, 0.2) is 6.10 Å². The van der Waals surface area contributed by atoms with Gasteiger partial charge >= 0.3 is 11.9 Å². The van der Waals surface area contributed by atoms with Crippen LogP contribution < -0.4 is 16.0 Å². The average Bonchev–Trinajstić information content (AvgIpc) is 3.15. The number of nitrogens with one attached hydrogen (secondary N) is 1. The molecule has 3 aromatic heterocycles. The first-order valence-corrected chi connectivity index (χ1v) is 12.0. The predicted molar refractivity (Wildman–Crippen MR) is 132 cm³/mol. The summed E-state index contributed by atoms with van der Waals surface area (Å²) in [7, 11) is 0. The molecule has 2 N–H and O–H groups in total. The van der Waals surface area contributed by atoms with E-state index in [2.05, 4.69) is 4.98 Å². The van der Waals surface area contributed by atoms with E-state index in [0.29, 0.717) is 20.6 Å². The maximum atomic E-state index is 12.9. The van der Waals surface area contributed by atoms with Gasteiger partial charge in [0.2, 0.25) is 5.88 Å². The molecule has 2 atom stereocenters. The van der Waals surface area contributed by atoms with Gasteiger partial charge in [0.1, 0.15) is 16.0 Å². The maximum absolute atomic E-state index is 12.9. The van der Waals surface area contributed by atoms with E-state index in [9.17, 15) is 27.9 Å². The fourth-order valence-corrected chi connectivity index (χ4v) is 5.21. The highest BCUT2D eigenvalue weighted by Crippen LogP contribution is 2.39. The van der Waals surface area contributed by atoms with E-state index in [0.717, 1.165) is 22.5 Å². The molecule has 1 unspecified atom stereocenters. The minimum Gasteiger partial charge on any atom is -0.469 e. The number of halogens is 4. The second kappa shape index (κ2) is 9.72. The van der Waals surface area contributed by atoms with Crippen LogP contribution >= 0.6 is 22.9 Å². The van der Waals surface area contributed by atoms with Crippen LogP contribution in [0.3, 0.4) is 0 Å². The number of benzene rings is 1. The van der Waals surface area contributed by atoms with Crippen LogP contribution in [0.1, 0.15) is 29.7 Å². The van der Waals surface area contributed by atoms with Crippen molar-refractivity contribution in [3.8, 4) is 16.3 Å². The largest absolute Gasteiger partial charge is 0.469 e. The number of alkyl halides is 3. The van der Waals surface area contributed by atoms with E-state index in [1.165, 1.54) is 6.20 Å². The summed E-state index contributed by atoms with van der Waals surface area (Å²) in [6.07, 6.45) is -6.57. The third-order valence-electron chi connectivity index (χ3n) is 5.70. The predicted octanol–water partition coefficient (Wildman–Crippen LogP) is 5.15. The quantitative estimate of drug-likeness (QED) is 0.353. The van der Waals surface area contributed by atoms with Crippen molar-refractivity contribution >= 4 is 33.2 Å². The van der Waals surface area contributed by atoms with Gasteiger partial charge in [-0.3, -0.25) is 14.3 Å². The van der Waals surface area contributed by atoms with Gasteiger partial charge in [-0.15, -0.1) is 11.3 Å². The lowest BCUT2D eigenvalue weighted by Crippen LogP contribution is -2.38. The third kappa shape index (κ3) is 5.04. The standard InChI is InChI=1S/C24H21ClF3N3O4S/c1-11-4-6-14(7-5-11)13(3)35-21-16(25)8-15(9-29-21)19-12(2)18-20(33)30-23(34)31(22(18)36-19)10-17(32)24(26,27)28/h4-9,13,17,32H,10H2,1-3H3,(H,30,33,34)/t13?,17-/m1/s1. The summed E-state index contributed by atoms with van der Waals surface area (Å²) in [6.45, 7) is 4.38. The molecular formula is C24H21ClF3N3O4S. The number of aryl methyl sites for hydroxylation is 2. The summed E-state index contributed by atoms with van der Waals surface area (Å²) < 4.78 is 45.4. The molecule has 0 radical (unpaired) electrons. The zero-order valence-corrected chi connectivity index (χ0v) is 20.9. The van der Waals surface area contributed by atoms with E-state index in [1.54, 1.807) is 13.0 Å². The summed E-state index contributed by atoms with van der Waals surface area (Å²) >= 11 is 7.37. The summed E-state index contributed by atoms with van der Waals surface area (Å²) in [5, 5.41) is 9.75. The number of rotatable bonds is 6. The van der Waals surface area contributed by atoms with E-state index < -0.39 is 30.1 Å². The molecule has 4 aromatic rings. The second-order valence-electron chi connectivity index (χ2n) is 8.35. The highest BCUT2D eigenvalue weighted by atomic mass is 35.5. The van der Waals surface area contributed by atoms with Gasteiger partial charge in [-0.05, 0) is 38.0 Å². The van der Waals surface area contributed by atoms with Gasteiger partial charge in [0, 0.05) is 16.6 Å². The van der Waals surface area contributed by atoms with Crippen molar-refractivity contribution < 1.29 is 23.0 Å². The average molecular weight is 540 g/mol. The first kappa shape index (κ1) is 25.9. The number of hydrogen-bond donors (Lipinski definition) is 2. The highest BCUT2D eigenvalue weighted by molar-refractivity contribution is 7.22. The first-order chi connectivity index (χ1) is 16.9. The van der Waals surface area contributed by atoms with Crippen LogP contribution in [0.25, 0.3) is 20.7 Å². The van der Waals surface area contributed by atoms with E-state index in [-0.39, 0.29) is 27.2 Å². The second-order valence-corrected chi connectivity index (χ2v) is 9.75. The number of fused-ring (bicyclic) bond motifs is 1. The number of aliphatic hydroxyl groups is 1. The Morgan fingerprint density at radius 1 is 1.22 bits per heavy atom. The maximum Gasteiger partial charge on any atom is 0.416 e. The number of aromatic nitrogens is 3. The Hall–Kier alpha value is -3.15. The topological polar surface area (TPSA) is 97.2 Å². The van der Waals surface area contributed by atoms with Crippen molar-refractivity contribution in [3.63, 3.8) is 0 Å². The van der Waals surface area contributed by atoms with E-state index in [1.807, 2.05) is 43.1 Å². The molecule has 3 heterocycles. The van der Waals surface area contributed by atoms with Gasteiger partial charge in [-0.2, -0.15) is 13.2 Å². The van der Waals surface area contributed by atoms with Crippen LogP contribution in [0, 0.1) is 13.8 Å². The Kier molecular flexibility index (Phi) is 7.00. The number of aromatic amines is 1. The molecule has 0 saturated carbocycles. The van der Waals surface area contributed by atoms with Crippen LogP contribution in [0.4, 0.5) is 13.2 Å². The molecule has 0 saturated heterocycles. The van der Waals surface area contributed by atoms with Gasteiger partial charge < -0.3 is 9.84 Å². The Bertz CT molecular complexity index is 1540. The van der Waals surface area contributed by atoms with E-state index in [4.69, 9.17) is 16.3 Å². The van der Waals surface area contributed by atoms with Gasteiger partial charge in [0.05, 0.1) is 11.9 Å². The number of pyridine rings is 1. The van der Waals surface area contributed by atoms with Crippen molar-refractivity contribution in [2.24, 2.45) is 0 Å². The molecular weight excluding hydrogens is 519 g/mol. The van der Waals surface area contributed by atoms with Crippen LogP contribution in [-0.2, 0) is 6.54 Å². The molecule has 0 amide bonds. The number of H-pyrrole nitrogens is 1. The lowest BCUT2D eigenvalue weighted by Gasteiger charge is -2.16. The smallest absolute Gasteiger partial charge is 0.416 e. The molecule has 0 aliphatic rings. The molecule has 0 spiro atoms. The van der Waals surface area contributed by atoms with Crippen molar-refractivity contribution in [1.82, 2.24) is 14.5 Å². The lowest BCUT2D eigenvalue weighted by atomic mass is 10.1. The number of thiophene rings is 1. The van der Waals surface area contributed by atoms with Crippen molar-refractivity contribution in [2.75, 3.05) is 0 Å². The Morgan fingerprint density at radius 2 is 1.89 bits per heavy atom. The fraction of sp³-hybridized carbons (Fsp3) is 0.292. The van der Waals surface area contributed by atoms with Gasteiger partial charge in [-0.25, -0.2) is 9.78 Å². The summed E-state index contributed by atoms with van der Waals surface area (Å²) in [4.78, 5) is 31.6. The number of hydrogen-bond acceptors (Lipinski definition) is 6. The van der Waals surface area contributed by atoms with Crippen LogP contribution in [0.5, 0.6) is 5.88 Å². The minimum absolute atomic E-state index is 0.00370. The van der Waals surface area contributed by atoms with E-state index >= 15 is 0 Å². The fourth-order valence-electron chi connectivity index (χ4n) is 3.70. The first-order valence-electron chi connectivity index (χ1n) is 10.8. The third-order valence-corrected chi connectivity index (χ3v) is 7.34. The lowest BCUT2D eigenvalue weighted by molar-refractivity contribution is -0.207. The SMILES string of the molecule is Cc1ccc(C(C)Oc2ncc(-c3sc4c(c3C)c(=O)[nH]c(=O)n4C[C@@H](O)C(F)(F)F)cc2Cl)cc1. The zero-order chi connectivity index (χ0) is 26.4. The Balaban J connectivity index is 1.72. The monoisotopic (exact) mass is 539 g/mol. The Morgan fingerprint density at radius 3 is 2.50 bits per heavy atom. The summed E-state index contributed by atoms with van der Waals surface area (Å²) in [6, 6.07) is 9.38. The molecule has 1 aromatic carbocycles. The van der Waals surface area contributed by atoms with Crippen LogP contribution in [-0.4, -0.2) is 31.9 Å². The van der Waals surface area contributed by atoms with Crippen LogP contribution in [0.2, 0.25) is 5.02 Å². The normalized spacial score (nSPS) is 13.7. The van der Waals surface area contributed by atoms with Crippen molar-refractivity contribution in [3.05, 3.63) is 79.1 Å². The highest BCUT2D eigenvalue weighted by Gasteiger charge is 2.39. The molecule has 190 valence electrons. The summed E-state index contributed by atoms with van der Waals surface area (Å²) in [5.74, 6) is 0.190. The molecule has 0 fully saturated rings. The Labute approximate surface area is 211 Å². The molecule has 0 aliphatic carbocycles. The minimum atomic E-state index is -4.93. The number of ether oxygens (including phenoxy) is 1. The van der Waals surface area contributed by atoms with Crippen LogP contribution in [0.15, 0.2) is 46.1 Å². The van der Waals surface area contributed by atoms with Gasteiger partial charge in [-0.1, -0.05) is 41.4 Å². The number of nitrogens with zero attached hydrogens (tertiary/aromatic N) is 2. The molecule has 4 rings (SSSR count). The number of aliphatic hydroxyl groups excluding tert-OH is 1. The zero-order valence-electron chi connectivity index (χ0n) is 19.3. The molecule has 0 aliphatic heterocycles. The van der Waals surface area contributed by atoms with Gasteiger partial charge in [0.25, 0.3) is 5.56 Å². The molecule has 0 bridgehead atoms. The summed E-state index contributed by atoms with van der Waals surface area (Å²) in [5.41, 5.74) is 1.19. The molecule has 7 nitrogen and oxygen atoms in total. The van der Waals surface area contributed by atoms with Crippen molar-refractivity contribution in [2.45, 2.75) is 45.7 Å².